The third kappa shape index (κ3) is 8.79. The van der Waals surface area contributed by atoms with Gasteiger partial charge in [-0.3, -0.25) is 14.5 Å². The molecule has 0 spiro atoms. The molecule has 7 aromatic rings. The summed E-state index contributed by atoms with van der Waals surface area (Å²) < 4.78 is 4.53. The SMILES string of the molecule is Cc1cc(-c2scnc2C)ccc1CNC(=O)[C@@H]1C[C@@H](O)CN1C(=O)[C@@H](N(C)C(=O)OC1c2ccccc2-c2ccccc21)C(C)(C)SC(c1ccccc1)(c1ccccc1)c1ccccc1. The summed E-state index contributed by atoms with van der Waals surface area (Å²) in [5.41, 5.74) is 12.5. The molecule has 1 saturated heterocycles. The van der Waals surface area contributed by atoms with Crippen LogP contribution in [0.25, 0.3) is 21.6 Å². The van der Waals surface area contributed by atoms with Crippen molar-refractivity contribution in [1.82, 2.24) is 20.1 Å². The zero-order valence-corrected chi connectivity index (χ0v) is 39.9. The number of nitrogens with zero attached hydrogens (tertiary/aromatic N) is 3. The molecule has 9 rings (SSSR count). The number of β-amino-alcohol motifs (C(OH)–C–C–N with tert-alkyl or cyclic N) is 1. The molecule has 3 amide bonds. The van der Waals surface area contributed by atoms with Crippen LogP contribution in [0.1, 0.15) is 71.0 Å². The van der Waals surface area contributed by atoms with Crippen molar-refractivity contribution in [2.24, 2.45) is 0 Å². The van der Waals surface area contributed by atoms with Gasteiger partial charge in [-0.15, -0.1) is 23.1 Å². The second-order valence-corrected chi connectivity index (χ2v) is 20.7. The highest BCUT2D eigenvalue weighted by atomic mass is 32.2. The van der Waals surface area contributed by atoms with Gasteiger partial charge in [0.2, 0.25) is 11.8 Å². The van der Waals surface area contributed by atoms with Gasteiger partial charge in [0.1, 0.15) is 12.1 Å². The molecule has 2 heterocycles. The second kappa shape index (κ2) is 19.0. The van der Waals surface area contributed by atoms with Gasteiger partial charge in [0.25, 0.3) is 0 Å². The highest BCUT2D eigenvalue weighted by molar-refractivity contribution is 8.02. The van der Waals surface area contributed by atoms with E-state index in [9.17, 15) is 14.7 Å². The molecule has 3 atom stereocenters. The van der Waals surface area contributed by atoms with Crippen molar-refractivity contribution in [1.29, 1.82) is 0 Å². The number of hydrogen-bond donors (Lipinski definition) is 2. The third-order valence-electron chi connectivity index (χ3n) is 13.2. The number of aromatic nitrogens is 1. The molecule has 11 heteroatoms. The molecule has 340 valence electrons. The van der Waals surface area contributed by atoms with Crippen LogP contribution in [0.15, 0.2) is 163 Å². The van der Waals surface area contributed by atoms with E-state index in [1.165, 1.54) is 9.80 Å². The Bertz CT molecular complexity index is 2760. The van der Waals surface area contributed by atoms with Crippen molar-refractivity contribution in [2.45, 2.75) is 74.4 Å². The first-order valence-electron chi connectivity index (χ1n) is 22.6. The van der Waals surface area contributed by atoms with E-state index in [0.29, 0.717) is 0 Å². The fraction of sp³-hybridized carbons (Fsp3) is 0.250. The zero-order valence-electron chi connectivity index (χ0n) is 38.3. The largest absolute Gasteiger partial charge is 0.436 e. The molecular formula is C56H54N4O5S2. The lowest BCUT2D eigenvalue weighted by molar-refractivity contribution is -0.143. The Hall–Kier alpha value is -6.53. The lowest BCUT2D eigenvalue weighted by Crippen LogP contribution is -2.61. The summed E-state index contributed by atoms with van der Waals surface area (Å²) in [6, 6.07) is 50.4. The fourth-order valence-corrected chi connectivity index (χ4v) is 12.7. The molecule has 9 nitrogen and oxygen atoms in total. The van der Waals surface area contributed by atoms with E-state index in [-0.39, 0.29) is 25.4 Å². The number of ether oxygens (including phenoxy) is 1. The van der Waals surface area contributed by atoms with Gasteiger partial charge in [-0.1, -0.05) is 158 Å². The van der Waals surface area contributed by atoms with E-state index in [2.05, 4.69) is 52.8 Å². The Labute approximate surface area is 400 Å². The van der Waals surface area contributed by atoms with Gasteiger partial charge < -0.3 is 20.1 Å². The number of aryl methyl sites for hydroxylation is 2. The average molecular weight is 927 g/mol. The first-order valence-corrected chi connectivity index (χ1v) is 24.3. The molecule has 2 aliphatic rings. The number of likely N-dealkylation sites (N-methyl/N-ethyl adjacent to an activating group) is 1. The summed E-state index contributed by atoms with van der Waals surface area (Å²) in [7, 11) is 1.61. The number of benzene rings is 6. The van der Waals surface area contributed by atoms with E-state index in [1.54, 1.807) is 30.1 Å². The standard InChI is InChI=1S/C56H54N4O5S2/c1-36-31-38(50-37(2)58-35-66-50)29-30-39(36)33-57-52(62)48-32-43(61)34-60(48)53(63)51(59(5)54(64)65-49-46-27-17-15-25-44(46)45-26-16-18-28-47(45)49)55(3,4)67-56(40-19-9-6-10-20-40,41-21-11-7-12-22-41)42-23-13-8-14-24-42/h6-31,35,43,48-49,51,61H,32-34H2,1-5H3,(H,57,62)/t43-,48+,51-/m1/s1. The van der Waals surface area contributed by atoms with Crippen LogP contribution < -0.4 is 5.32 Å². The number of likely N-dealkylation sites (tertiary alicyclic amines) is 1. The number of aliphatic hydroxyl groups excluding tert-OH is 1. The predicted molar refractivity (Wildman–Crippen MR) is 268 cm³/mol. The molecule has 0 saturated carbocycles. The molecule has 0 unspecified atom stereocenters. The van der Waals surface area contributed by atoms with E-state index < -0.39 is 45.8 Å². The molecule has 1 aromatic heterocycles. The van der Waals surface area contributed by atoms with Crippen molar-refractivity contribution in [3.05, 3.63) is 208 Å². The van der Waals surface area contributed by atoms with E-state index in [0.717, 1.165) is 66.2 Å². The summed E-state index contributed by atoms with van der Waals surface area (Å²) in [5, 5.41) is 14.4. The normalized spacial score (nSPS) is 16.2. The Morgan fingerprint density at radius 2 is 1.34 bits per heavy atom. The molecule has 1 fully saturated rings. The summed E-state index contributed by atoms with van der Waals surface area (Å²) >= 11 is 3.16. The van der Waals surface area contributed by atoms with Gasteiger partial charge in [0.15, 0.2) is 6.10 Å². The minimum Gasteiger partial charge on any atom is -0.436 e. The maximum Gasteiger partial charge on any atom is 0.411 e. The van der Waals surface area contributed by atoms with Gasteiger partial charge in [0, 0.05) is 42.4 Å². The first kappa shape index (κ1) is 45.6. The second-order valence-electron chi connectivity index (χ2n) is 18.0. The van der Waals surface area contributed by atoms with Crippen molar-refractivity contribution >= 4 is 41.0 Å². The topological polar surface area (TPSA) is 112 Å². The highest BCUT2D eigenvalue weighted by Gasteiger charge is 2.53. The lowest BCUT2D eigenvalue weighted by atomic mass is 9.84. The molecular weight excluding hydrogens is 873 g/mol. The number of nitrogens with one attached hydrogen (secondary N) is 1. The Morgan fingerprint density at radius 1 is 0.806 bits per heavy atom. The molecule has 1 aliphatic heterocycles. The van der Waals surface area contributed by atoms with Crippen molar-refractivity contribution in [3.8, 4) is 21.6 Å². The number of thiazole rings is 1. The number of carbonyl (C=O) groups is 3. The van der Waals surface area contributed by atoms with Gasteiger partial charge in [-0.2, -0.15) is 0 Å². The molecule has 6 aromatic carbocycles. The molecule has 67 heavy (non-hydrogen) atoms. The Kier molecular flexibility index (Phi) is 12.9. The monoisotopic (exact) mass is 926 g/mol. The van der Waals surface area contributed by atoms with Gasteiger partial charge >= 0.3 is 6.09 Å². The van der Waals surface area contributed by atoms with Gasteiger partial charge in [-0.25, -0.2) is 9.78 Å². The highest BCUT2D eigenvalue weighted by Crippen LogP contribution is 2.55. The van der Waals surface area contributed by atoms with Crippen molar-refractivity contribution < 1.29 is 24.2 Å². The van der Waals surface area contributed by atoms with Crippen LogP contribution >= 0.6 is 23.1 Å². The number of rotatable bonds is 13. The number of hydrogen-bond acceptors (Lipinski definition) is 8. The maximum atomic E-state index is 15.8. The summed E-state index contributed by atoms with van der Waals surface area (Å²) in [6.45, 7) is 8.12. The minimum absolute atomic E-state index is 0.0478. The van der Waals surface area contributed by atoms with Gasteiger partial charge in [0.05, 0.1) is 26.9 Å². The Morgan fingerprint density at radius 3 is 1.87 bits per heavy atom. The fourth-order valence-electron chi connectivity index (χ4n) is 9.98. The van der Waals surface area contributed by atoms with Crippen LogP contribution in [0.5, 0.6) is 0 Å². The summed E-state index contributed by atoms with van der Waals surface area (Å²) in [6.07, 6.45) is -2.31. The van der Waals surface area contributed by atoms with Crippen LogP contribution in [0.2, 0.25) is 0 Å². The lowest BCUT2D eigenvalue weighted by Gasteiger charge is -2.47. The quantitative estimate of drug-likeness (QED) is 0.111. The predicted octanol–water partition coefficient (Wildman–Crippen LogP) is 10.7. The van der Waals surface area contributed by atoms with Crippen molar-refractivity contribution in [2.75, 3.05) is 13.6 Å². The van der Waals surface area contributed by atoms with Crippen LogP contribution in [0, 0.1) is 13.8 Å². The zero-order chi connectivity index (χ0) is 46.9. The Balaban J connectivity index is 1.08. The summed E-state index contributed by atoms with van der Waals surface area (Å²) in [4.78, 5) is 53.5. The van der Waals surface area contributed by atoms with Crippen LogP contribution in [0.4, 0.5) is 4.79 Å². The number of aliphatic hydroxyl groups is 1. The van der Waals surface area contributed by atoms with E-state index >= 15 is 4.79 Å². The third-order valence-corrected chi connectivity index (χ3v) is 15.9. The average Bonchev–Trinajstić information content (AvgIpc) is 4.06. The maximum absolute atomic E-state index is 15.8. The van der Waals surface area contributed by atoms with Crippen LogP contribution in [-0.4, -0.2) is 74.3 Å². The minimum atomic E-state index is -1.20. The van der Waals surface area contributed by atoms with E-state index in [4.69, 9.17) is 4.74 Å². The smallest absolute Gasteiger partial charge is 0.411 e. The molecule has 1 aliphatic carbocycles. The van der Waals surface area contributed by atoms with Crippen molar-refractivity contribution in [3.63, 3.8) is 0 Å². The number of thioether (sulfide) groups is 1. The van der Waals surface area contributed by atoms with Crippen LogP contribution in [-0.2, 0) is 25.6 Å². The molecule has 2 N–H and O–H groups in total. The number of carbonyl (C=O) groups excluding carboxylic acids is 3. The number of amides is 3. The molecule has 0 bridgehead atoms. The molecule has 0 radical (unpaired) electrons. The number of fused-ring (bicyclic) bond motifs is 3. The van der Waals surface area contributed by atoms with Crippen LogP contribution in [0.3, 0.4) is 0 Å². The van der Waals surface area contributed by atoms with Gasteiger partial charge in [-0.05, 0) is 72.2 Å². The first-order chi connectivity index (χ1) is 32.4. The summed E-state index contributed by atoms with van der Waals surface area (Å²) in [5.74, 6) is -0.850. The van der Waals surface area contributed by atoms with E-state index in [1.807, 2.05) is 148 Å².